The summed E-state index contributed by atoms with van der Waals surface area (Å²) >= 11 is 17.1. The quantitative estimate of drug-likeness (QED) is 0.673. The van der Waals surface area contributed by atoms with Gasteiger partial charge in [-0.15, -0.1) is 0 Å². The van der Waals surface area contributed by atoms with Crippen LogP contribution in [-0.4, -0.2) is 0 Å². The Bertz CT molecular complexity index is 258. The van der Waals surface area contributed by atoms with Gasteiger partial charge < -0.3 is 0 Å². The van der Waals surface area contributed by atoms with Crippen LogP contribution in [0, 0.1) is 6.42 Å². The van der Waals surface area contributed by atoms with Crippen LogP contribution < -0.4 is 0 Å². The van der Waals surface area contributed by atoms with Crippen molar-refractivity contribution in [3.63, 3.8) is 0 Å². The van der Waals surface area contributed by atoms with E-state index in [1.807, 2.05) is 31.2 Å². The molecule has 0 N–H and O–H groups in total. The molecule has 0 fully saturated rings. The van der Waals surface area contributed by atoms with Crippen LogP contribution >= 0.6 is 34.8 Å². The van der Waals surface area contributed by atoms with Crippen LogP contribution in [0.4, 0.5) is 0 Å². The fraction of sp³-hybridized carbons (Fsp3) is 0.300. The molecule has 71 valence electrons. The van der Waals surface area contributed by atoms with Crippen molar-refractivity contribution in [1.29, 1.82) is 0 Å². The number of rotatable bonds is 2. The van der Waals surface area contributed by atoms with E-state index in [9.17, 15) is 0 Å². The van der Waals surface area contributed by atoms with Gasteiger partial charge in [-0.05, 0) is 18.4 Å². The second-order valence-electron chi connectivity index (χ2n) is 2.81. The molecule has 3 heteroatoms. The van der Waals surface area contributed by atoms with Gasteiger partial charge in [0.1, 0.15) is 0 Å². The maximum Gasteiger partial charge on any atom is 0.216 e. The third-order valence-electron chi connectivity index (χ3n) is 1.72. The molecule has 0 heterocycles. The number of halogens is 3. The van der Waals surface area contributed by atoms with Crippen LogP contribution in [-0.2, 0) is 10.2 Å². The van der Waals surface area contributed by atoms with Gasteiger partial charge in [-0.1, -0.05) is 66.0 Å². The summed E-state index contributed by atoms with van der Waals surface area (Å²) in [4.78, 5) is 0. The first-order chi connectivity index (χ1) is 6.04. The predicted octanol–water partition coefficient (Wildman–Crippen LogP) is 4.28. The molecule has 1 aromatic carbocycles. The zero-order valence-electron chi connectivity index (χ0n) is 7.23. The molecule has 0 saturated heterocycles. The lowest BCUT2D eigenvalue weighted by Gasteiger charge is -2.11. The average Bonchev–Trinajstić information content (AvgIpc) is 2.04. The Morgan fingerprint density at radius 3 is 2.08 bits per heavy atom. The Balaban J connectivity index is 2.81. The molecule has 1 radical (unpaired) electrons. The largest absolute Gasteiger partial charge is 0.216 e. The molecule has 0 aliphatic rings. The van der Waals surface area contributed by atoms with Crippen molar-refractivity contribution in [3.05, 3.63) is 41.8 Å². The third-order valence-corrected chi connectivity index (χ3v) is 2.38. The summed E-state index contributed by atoms with van der Waals surface area (Å²) in [7, 11) is 0. The van der Waals surface area contributed by atoms with E-state index < -0.39 is 3.79 Å². The van der Waals surface area contributed by atoms with E-state index in [-0.39, 0.29) is 0 Å². The first kappa shape index (κ1) is 11.2. The second kappa shape index (κ2) is 4.54. The standard InChI is InChI=1S/C10H10Cl3/c1-2-3-8-4-6-9(7-5-8)10(11,12)13/h2,4-7H,3H2,1H3. The van der Waals surface area contributed by atoms with Crippen molar-refractivity contribution in [3.8, 4) is 0 Å². The molecule has 0 unspecified atom stereocenters. The van der Waals surface area contributed by atoms with Crippen LogP contribution in [0.1, 0.15) is 18.1 Å². The fourth-order valence-corrected chi connectivity index (χ4v) is 1.44. The van der Waals surface area contributed by atoms with Gasteiger partial charge in [0, 0.05) is 5.56 Å². The number of benzene rings is 1. The monoisotopic (exact) mass is 235 g/mol. The lowest BCUT2D eigenvalue weighted by atomic mass is 10.1. The Labute approximate surface area is 93.8 Å². The Morgan fingerprint density at radius 1 is 1.15 bits per heavy atom. The van der Waals surface area contributed by atoms with Crippen molar-refractivity contribution in [2.24, 2.45) is 0 Å². The SMILES string of the molecule is C[CH]Cc1ccc(C(Cl)(Cl)Cl)cc1. The van der Waals surface area contributed by atoms with Crippen LogP contribution in [0.3, 0.4) is 0 Å². The van der Waals surface area contributed by atoms with E-state index in [0.717, 1.165) is 6.42 Å². The molecule has 0 aromatic heterocycles. The molecule has 0 aliphatic carbocycles. The Hall–Kier alpha value is 0.0900. The number of alkyl halides is 3. The lowest BCUT2D eigenvalue weighted by Crippen LogP contribution is -1.99. The van der Waals surface area contributed by atoms with E-state index in [2.05, 4.69) is 6.42 Å². The zero-order valence-corrected chi connectivity index (χ0v) is 9.50. The average molecular weight is 237 g/mol. The normalized spacial score (nSPS) is 11.7. The highest BCUT2D eigenvalue weighted by Gasteiger charge is 2.21. The van der Waals surface area contributed by atoms with E-state index >= 15 is 0 Å². The summed E-state index contributed by atoms with van der Waals surface area (Å²) in [6.07, 6.45) is 3.03. The highest BCUT2D eigenvalue weighted by atomic mass is 35.6. The van der Waals surface area contributed by atoms with Crippen LogP contribution in [0.25, 0.3) is 0 Å². The molecule has 0 bridgehead atoms. The van der Waals surface area contributed by atoms with Gasteiger partial charge in [0.2, 0.25) is 3.79 Å². The van der Waals surface area contributed by atoms with Gasteiger partial charge in [0.25, 0.3) is 0 Å². The fourth-order valence-electron chi connectivity index (χ4n) is 1.07. The summed E-state index contributed by atoms with van der Waals surface area (Å²) in [5, 5.41) is 0. The van der Waals surface area contributed by atoms with Gasteiger partial charge in [-0.2, -0.15) is 0 Å². The summed E-state index contributed by atoms with van der Waals surface area (Å²) in [5.74, 6) is 0. The second-order valence-corrected chi connectivity index (χ2v) is 5.09. The van der Waals surface area contributed by atoms with Crippen molar-refractivity contribution in [1.82, 2.24) is 0 Å². The van der Waals surface area contributed by atoms with Crippen molar-refractivity contribution in [2.75, 3.05) is 0 Å². The van der Waals surface area contributed by atoms with E-state index in [1.54, 1.807) is 0 Å². The van der Waals surface area contributed by atoms with Gasteiger partial charge >= 0.3 is 0 Å². The molecule has 13 heavy (non-hydrogen) atoms. The zero-order chi connectivity index (χ0) is 9.90. The highest BCUT2D eigenvalue weighted by Crippen LogP contribution is 2.37. The van der Waals surface area contributed by atoms with Gasteiger partial charge in [-0.3, -0.25) is 0 Å². The Kier molecular flexibility index (Phi) is 3.90. The van der Waals surface area contributed by atoms with E-state index in [1.165, 1.54) is 5.56 Å². The third kappa shape index (κ3) is 3.38. The van der Waals surface area contributed by atoms with Crippen LogP contribution in [0.15, 0.2) is 24.3 Å². The summed E-state index contributed by atoms with van der Waals surface area (Å²) in [6.45, 7) is 2.02. The molecule has 0 atom stereocenters. The lowest BCUT2D eigenvalue weighted by molar-refractivity contribution is 1.13. The van der Waals surface area contributed by atoms with Gasteiger partial charge in [0.15, 0.2) is 0 Å². The molecule has 0 nitrogen and oxygen atoms in total. The predicted molar refractivity (Wildman–Crippen MR) is 59.4 cm³/mol. The molecule has 0 saturated carbocycles. The van der Waals surface area contributed by atoms with E-state index in [4.69, 9.17) is 34.8 Å². The number of hydrogen-bond acceptors (Lipinski definition) is 0. The molecular weight excluding hydrogens is 226 g/mol. The highest BCUT2D eigenvalue weighted by molar-refractivity contribution is 6.66. The van der Waals surface area contributed by atoms with Gasteiger partial charge in [-0.25, -0.2) is 0 Å². The maximum absolute atomic E-state index is 5.71. The molecule has 1 rings (SSSR count). The minimum atomic E-state index is -1.31. The minimum Gasteiger partial charge on any atom is -0.0784 e. The molecule has 0 aliphatic heterocycles. The summed E-state index contributed by atoms with van der Waals surface area (Å²) in [5.41, 5.74) is 1.93. The smallest absolute Gasteiger partial charge is 0.0784 e. The molecule has 0 spiro atoms. The first-order valence-corrected chi connectivity index (χ1v) is 5.11. The van der Waals surface area contributed by atoms with E-state index in [0.29, 0.717) is 5.56 Å². The number of hydrogen-bond donors (Lipinski definition) is 0. The minimum absolute atomic E-state index is 0.706. The van der Waals surface area contributed by atoms with Crippen LogP contribution in [0.5, 0.6) is 0 Å². The van der Waals surface area contributed by atoms with Gasteiger partial charge in [0.05, 0.1) is 0 Å². The topological polar surface area (TPSA) is 0 Å². The van der Waals surface area contributed by atoms with Crippen molar-refractivity contribution >= 4 is 34.8 Å². The molecule has 0 amide bonds. The molecular formula is C10H10Cl3. The summed E-state index contributed by atoms with van der Waals surface area (Å²) < 4.78 is -1.31. The summed E-state index contributed by atoms with van der Waals surface area (Å²) in [6, 6.07) is 7.62. The van der Waals surface area contributed by atoms with Crippen molar-refractivity contribution < 1.29 is 0 Å². The van der Waals surface area contributed by atoms with Crippen LogP contribution in [0.2, 0.25) is 0 Å². The Morgan fingerprint density at radius 2 is 1.69 bits per heavy atom. The first-order valence-electron chi connectivity index (χ1n) is 3.98. The van der Waals surface area contributed by atoms with Crippen molar-refractivity contribution in [2.45, 2.75) is 17.1 Å². The maximum atomic E-state index is 5.71. The molecule has 1 aromatic rings.